The maximum absolute atomic E-state index is 6.18. The van der Waals surface area contributed by atoms with Gasteiger partial charge in [0.05, 0.1) is 26.0 Å². The summed E-state index contributed by atoms with van der Waals surface area (Å²) in [6, 6.07) is 6.08. The van der Waals surface area contributed by atoms with Crippen LogP contribution in [0.5, 0.6) is 5.75 Å². The van der Waals surface area contributed by atoms with Gasteiger partial charge in [-0.2, -0.15) is 0 Å². The molecule has 0 saturated carbocycles. The quantitative estimate of drug-likeness (QED) is 0.260. The minimum atomic E-state index is 0. The fourth-order valence-corrected chi connectivity index (χ4v) is 3.70. The summed E-state index contributed by atoms with van der Waals surface area (Å²) in [7, 11) is 3.51. The number of nitrogens with zero attached hydrogens (tertiary/aromatic N) is 2. The van der Waals surface area contributed by atoms with Gasteiger partial charge < -0.3 is 25.0 Å². The zero-order chi connectivity index (χ0) is 19.1. The van der Waals surface area contributed by atoms with Crippen LogP contribution in [0.15, 0.2) is 34.8 Å². The monoisotopic (exact) mass is 520 g/mol. The van der Waals surface area contributed by atoms with Gasteiger partial charge in [-0.15, -0.1) is 24.0 Å². The van der Waals surface area contributed by atoms with E-state index in [9.17, 15) is 0 Å². The molecule has 0 amide bonds. The van der Waals surface area contributed by atoms with Crippen molar-refractivity contribution >= 4 is 47.2 Å². The highest BCUT2D eigenvalue weighted by atomic mass is 127. The van der Waals surface area contributed by atoms with Crippen molar-refractivity contribution in [1.82, 2.24) is 10.6 Å². The molecule has 0 radical (unpaired) electrons. The van der Waals surface area contributed by atoms with Crippen molar-refractivity contribution < 1.29 is 9.47 Å². The summed E-state index contributed by atoms with van der Waals surface area (Å²) in [5.41, 5.74) is 2.51. The van der Waals surface area contributed by atoms with Gasteiger partial charge in [0, 0.05) is 37.7 Å². The van der Waals surface area contributed by atoms with Crippen molar-refractivity contribution in [3.8, 4) is 5.75 Å². The molecule has 1 saturated heterocycles. The van der Waals surface area contributed by atoms with Crippen molar-refractivity contribution in [1.29, 1.82) is 0 Å². The topological polar surface area (TPSA) is 58.1 Å². The average molecular weight is 521 g/mol. The molecule has 1 aromatic carbocycles. The standard InChI is InChI=1S/C20H29ClN4O2.HI/c1-22-20(23-9-5-15-7-11-27-12-8-15)24-17-6-10-25(14-17)18-13-16(21)3-4-19(18)26-2;/h3-4,7,13,17H,5-6,8-12,14H2,1-2H3,(H2,22,23,24);1H. The molecule has 1 fully saturated rings. The van der Waals surface area contributed by atoms with E-state index in [4.69, 9.17) is 21.1 Å². The highest BCUT2D eigenvalue weighted by Gasteiger charge is 2.25. The van der Waals surface area contributed by atoms with Crippen molar-refractivity contribution in [2.24, 2.45) is 4.99 Å². The SMILES string of the molecule is CN=C(NCCC1=CCOCC1)NC1CCN(c2cc(Cl)ccc2OC)C1.I. The van der Waals surface area contributed by atoms with E-state index >= 15 is 0 Å². The Morgan fingerprint density at radius 1 is 1.43 bits per heavy atom. The van der Waals surface area contributed by atoms with Crippen molar-refractivity contribution in [2.45, 2.75) is 25.3 Å². The largest absolute Gasteiger partial charge is 0.495 e. The van der Waals surface area contributed by atoms with Crippen LogP contribution in [0.25, 0.3) is 0 Å². The first-order chi connectivity index (χ1) is 13.2. The minimum Gasteiger partial charge on any atom is -0.495 e. The van der Waals surface area contributed by atoms with E-state index in [1.165, 1.54) is 5.57 Å². The van der Waals surface area contributed by atoms with Crippen LogP contribution in [0.1, 0.15) is 19.3 Å². The van der Waals surface area contributed by atoms with Gasteiger partial charge in [0.2, 0.25) is 0 Å². The fraction of sp³-hybridized carbons (Fsp3) is 0.550. The van der Waals surface area contributed by atoms with Crippen LogP contribution in [-0.4, -0.2) is 59.0 Å². The molecule has 2 aliphatic rings. The lowest BCUT2D eigenvalue weighted by molar-refractivity contribution is 0.153. The predicted molar refractivity (Wildman–Crippen MR) is 127 cm³/mol. The number of aliphatic imine (C=N–C) groups is 1. The Bertz CT molecular complexity index is 699. The third kappa shape index (κ3) is 6.42. The Morgan fingerprint density at radius 2 is 2.29 bits per heavy atom. The number of rotatable bonds is 6. The molecule has 8 heteroatoms. The minimum absolute atomic E-state index is 0. The zero-order valence-electron chi connectivity index (χ0n) is 16.5. The lowest BCUT2D eigenvalue weighted by Gasteiger charge is -2.22. The maximum Gasteiger partial charge on any atom is 0.191 e. The molecule has 0 aliphatic carbocycles. The van der Waals surface area contributed by atoms with Crippen LogP contribution in [0, 0.1) is 0 Å². The number of methoxy groups -OCH3 is 1. The van der Waals surface area contributed by atoms with E-state index in [0.29, 0.717) is 6.04 Å². The Labute approximate surface area is 189 Å². The van der Waals surface area contributed by atoms with Crippen molar-refractivity contribution in [2.75, 3.05) is 51.9 Å². The highest BCUT2D eigenvalue weighted by molar-refractivity contribution is 14.0. The van der Waals surface area contributed by atoms with Gasteiger partial charge in [0.1, 0.15) is 5.75 Å². The molecular weight excluding hydrogens is 491 g/mol. The van der Waals surface area contributed by atoms with Gasteiger partial charge in [-0.25, -0.2) is 0 Å². The summed E-state index contributed by atoms with van der Waals surface area (Å²) in [4.78, 5) is 6.67. The number of guanidine groups is 1. The van der Waals surface area contributed by atoms with E-state index < -0.39 is 0 Å². The highest BCUT2D eigenvalue weighted by Crippen LogP contribution is 2.33. The summed E-state index contributed by atoms with van der Waals surface area (Å²) in [5, 5.41) is 7.68. The Balaban J connectivity index is 0.00000280. The van der Waals surface area contributed by atoms with E-state index in [-0.39, 0.29) is 24.0 Å². The number of nitrogens with one attached hydrogen (secondary N) is 2. The smallest absolute Gasteiger partial charge is 0.191 e. The molecule has 2 N–H and O–H groups in total. The number of benzene rings is 1. The number of hydrogen-bond acceptors (Lipinski definition) is 4. The molecule has 1 atom stereocenters. The van der Waals surface area contributed by atoms with Gasteiger partial charge in [-0.1, -0.05) is 23.3 Å². The lowest BCUT2D eigenvalue weighted by Crippen LogP contribution is -2.45. The second-order valence-electron chi connectivity index (χ2n) is 6.83. The van der Waals surface area contributed by atoms with Crippen molar-refractivity contribution in [3.63, 3.8) is 0 Å². The van der Waals surface area contributed by atoms with Crippen LogP contribution in [0.2, 0.25) is 5.02 Å². The van der Waals surface area contributed by atoms with Crippen LogP contribution in [0.4, 0.5) is 5.69 Å². The summed E-state index contributed by atoms with van der Waals surface area (Å²) in [6.45, 7) is 4.30. The summed E-state index contributed by atoms with van der Waals surface area (Å²) in [6.07, 6.45) is 5.29. The third-order valence-corrected chi connectivity index (χ3v) is 5.27. The first-order valence-corrected chi connectivity index (χ1v) is 9.88. The Morgan fingerprint density at radius 3 is 3.00 bits per heavy atom. The second kappa shape index (κ2) is 11.7. The zero-order valence-corrected chi connectivity index (χ0v) is 19.6. The molecule has 3 rings (SSSR count). The van der Waals surface area contributed by atoms with Crippen LogP contribution in [0.3, 0.4) is 0 Å². The summed E-state index contributed by atoms with van der Waals surface area (Å²) in [5.74, 6) is 1.71. The second-order valence-corrected chi connectivity index (χ2v) is 7.26. The third-order valence-electron chi connectivity index (χ3n) is 5.03. The first-order valence-electron chi connectivity index (χ1n) is 9.51. The molecule has 6 nitrogen and oxygen atoms in total. The molecule has 28 heavy (non-hydrogen) atoms. The van der Waals surface area contributed by atoms with Crippen LogP contribution in [-0.2, 0) is 4.74 Å². The van der Waals surface area contributed by atoms with Crippen LogP contribution >= 0.6 is 35.6 Å². The number of anilines is 1. The van der Waals surface area contributed by atoms with E-state index in [2.05, 4.69) is 26.6 Å². The van der Waals surface area contributed by atoms with Gasteiger partial charge in [-0.3, -0.25) is 4.99 Å². The fourth-order valence-electron chi connectivity index (χ4n) is 3.53. The molecule has 1 unspecified atom stereocenters. The first kappa shape index (κ1) is 23.1. The van der Waals surface area contributed by atoms with Gasteiger partial charge in [-0.05, 0) is 37.5 Å². The molecule has 0 spiro atoms. The number of hydrogen-bond donors (Lipinski definition) is 2. The van der Waals surface area contributed by atoms with Gasteiger partial charge in [0.25, 0.3) is 0 Å². The number of ether oxygens (including phenoxy) is 2. The molecule has 156 valence electrons. The van der Waals surface area contributed by atoms with E-state index in [1.807, 2.05) is 25.2 Å². The normalized spacial score (nSPS) is 19.7. The van der Waals surface area contributed by atoms with E-state index in [1.54, 1.807) is 7.11 Å². The average Bonchev–Trinajstić information content (AvgIpc) is 3.16. The molecule has 2 aliphatic heterocycles. The van der Waals surface area contributed by atoms with Crippen molar-refractivity contribution in [3.05, 3.63) is 34.9 Å². The Kier molecular flexibility index (Phi) is 9.67. The van der Waals surface area contributed by atoms with Gasteiger partial charge >= 0.3 is 0 Å². The Hall–Kier alpha value is -1.19. The maximum atomic E-state index is 6.18. The molecular formula is C20H30ClIN4O2. The van der Waals surface area contributed by atoms with Gasteiger partial charge in [0.15, 0.2) is 5.96 Å². The van der Waals surface area contributed by atoms with Crippen LogP contribution < -0.4 is 20.3 Å². The molecule has 2 heterocycles. The molecule has 0 bridgehead atoms. The summed E-state index contributed by atoms with van der Waals surface area (Å²) >= 11 is 6.18. The number of halogens is 2. The molecule has 0 aromatic heterocycles. The van der Waals surface area contributed by atoms with E-state index in [0.717, 1.165) is 74.5 Å². The lowest BCUT2D eigenvalue weighted by atomic mass is 10.1. The predicted octanol–water partition coefficient (Wildman–Crippen LogP) is 3.45. The summed E-state index contributed by atoms with van der Waals surface area (Å²) < 4.78 is 10.8. The molecule has 1 aromatic rings.